The molecule has 0 N–H and O–H groups in total. The van der Waals surface area contributed by atoms with Crippen molar-refractivity contribution in [3.05, 3.63) is 53.1 Å². The van der Waals surface area contributed by atoms with Crippen molar-refractivity contribution in [2.75, 3.05) is 32.1 Å². The minimum Gasteiger partial charge on any atom is -0.342 e. The average Bonchev–Trinajstić information content (AvgIpc) is 2.71. The molecule has 3 nitrogen and oxygen atoms in total. The first-order chi connectivity index (χ1) is 11.6. The fraction of sp³-hybridized carbons (Fsp3) is 0.350. The van der Waals surface area contributed by atoms with Crippen LogP contribution in [0.5, 0.6) is 0 Å². The van der Waals surface area contributed by atoms with Gasteiger partial charge in [0, 0.05) is 23.6 Å². The number of nitrogens with zero attached hydrogens (tertiary/aromatic N) is 3. The number of likely N-dealkylation sites (tertiary alicyclic amines) is 1. The molecule has 0 unspecified atom stereocenters. The number of rotatable bonds is 1. The maximum absolute atomic E-state index is 6.33. The Morgan fingerprint density at radius 1 is 1.00 bits per heavy atom. The van der Waals surface area contributed by atoms with Crippen LogP contribution in [0, 0.1) is 5.92 Å². The highest BCUT2D eigenvalue weighted by molar-refractivity contribution is 6.31. The van der Waals surface area contributed by atoms with Crippen molar-refractivity contribution in [3.8, 4) is 0 Å². The molecule has 0 aliphatic carbocycles. The highest BCUT2D eigenvalue weighted by Gasteiger charge is 2.28. The first-order valence-corrected chi connectivity index (χ1v) is 8.91. The quantitative estimate of drug-likeness (QED) is 0.737. The second-order valence-corrected chi connectivity index (χ2v) is 7.22. The van der Waals surface area contributed by atoms with Crippen LogP contribution in [-0.4, -0.2) is 37.8 Å². The lowest BCUT2D eigenvalue weighted by atomic mass is 9.87. The molecule has 2 heterocycles. The first-order valence-electron chi connectivity index (χ1n) is 8.53. The third-order valence-electron chi connectivity index (χ3n) is 5.19. The monoisotopic (exact) mass is 339 g/mol. The Labute approximate surface area is 148 Å². The summed E-state index contributed by atoms with van der Waals surface area (Å²) < 4.78 is 0. The summed E-state index contributed by atoms with van der Waals surface area (Å²) in [6.45, 7) is 2.24. The van der Waals surface area contributed by atoms with Crippen molar-refractivity contribution in [2.45, 2.75) is 12.8 Å². The van der Waals surface area contributed by atoms with Gasteiger partial charge in [0.1, 0.15) is 0 Å². The van der Waals surface area contributed by atoms with E-state index in [9.17, 15) is 0 Å². The Morgan fingerprint density at radius 3 is 2.54 bits per heavy atom. The normalized spacial score (nSPS) is 18.6. The largest absolute Gasteiger partial charge is 0.342 e. The number of hydrogen-bond donors (Lipinski definition) is 0. The zero-order valence-electron chi connectivity index (χ0n) is 14.2. The lowest BCUT2D eigenvalue weighted by Gasteiger charge is -2.30. The molecule has 0 atom stereocenters. The Kier molecular flexibility index (Phi) is 4.07. The first kappa shape index (κ1) is 15.7. The van der Waals surface area contributed by atoms with Gasteiger partial charge in [-0.15, -0.1) is 0 Å². The van der Waals surface area contributed by atoms with Crippen LogP contribution in [-0.2, 0) is 0 Å². The molecule has 124 valence electrons. The molecule has 0 aromatic heterocycles. The number of anilines is 2. The molecule has 2 aliphatic rings. The van der Waals surface area contributed by atoms with Gasteiger partial charge in [0.05, 0.1) is 22.8 Å². The second-order valence-electron chi connectivity index (χ2n) is 6.78. The maximum Gasteiger partial charge on any atom is 0.0870 e. The maximum atomic E-state index is 6.33. The number of para-hydroxylation sites is 2. The summed E-state index contributed by atoms with van der Waals surface area (Å²) in [5.41, 5.74) is 5.74. The third kappa shape index (κ3) is 2.72. The molecular weight excluding hydrogens is 318 g/mol. The van der Waals surface area contributed by atoms with Gasteiger partial charge in [-0.1, -0.05) is 23.7 Å². The molecule has 0 amide bonds. The fourth-order valence-electron chi connectivity index (χ4n) is 3.76. The van der Waals surface area contributed by atoms with E-state index in [1.54, 1.807) is 0 Å². The van der Waals surface area contributed by atoms with Gasteiger partial charge in [-0.3, -0.25) is 4.99 Å². The van der Waals surface area contributed by atoms with Crippen LogP contribution >= 0.6 is 11.6 Å². The summed E-state index contributed by atoms with van der Waals surface area (Å²) in [5.74, 6) is 0.484. The molecule has 0 spiro atoms. The highest BCUT2D eigenvalue weighted by Crippen LogP contribution is 2.41. The molecule has 4 rings (SSSR count). The standard InChI is InChI=1S/C20H22ClN3/c1-23-11-9-14(10-12-23)20-16-13-15(21)7-8-18(16)24(2)19-6-4-3-5-17(19)22-20/h3-8,13-14H,9-12H2,1-2H3. The molecule has 2 aromatic carbocycles. The van der Waals surface area contributed by atoms with Crippen molar-refractivity contribution in [2.24, 2.45) is 10.9 Å². The summed E-state index contributed by atoms with van der Waals surface area (Å²) in [6.07, 6.45) is 2.29. The van der Waals surface area contributed by atoms with Crippen LogP contribution < -0.4 is 4.90 Å². The van der Waals surface area contributed by atoms with Gasteiger partial charge in [-0.2, -0.15) is 0 Å². The number of benzene rings is 2. The van der Waals surface area contributed by atoms with Crippen LogP contribution in [0.15, 0.2) is 47.5 Å². The summed E-state index contributed by atoms with van der Waals surface area (Å²) in [4.78, 5) is 9.74. The molecule has 0 saturated carbocycles. The van der Waals surface area contributed by atoms with Crippen LogP contribution in [0.2, 0.25) is 5.02 Å². The molecule has 1 fully saturated rings. The number of aliphatic imine (C=N–C) groups is 1. The molecule has 2 aromatic rings. The predicted molar refractivity (Wildman–Crippen MR) is 102 cm³/mol. The van der Waals surface area contributed by atoms with E-state index < -0.39 is 0 Å². The van der Waals surface area contributed by atoms with Gasteiger partial charge in [0.2, 0.25) is 0 Å². The molecule has 2 aliphatic heterocycles. The van der Waals surface area contributed by atoms with E-state index in [2.05, 4.69) is 60.3 Å². The van der Waals surface area contributed by atoms with Crippen LogP contribution in [0.25, 0.3) is 0 Å². The van der Waals surface area contributed by atoms with E-state index in [-0.39, 0.29) is 0 Å². The van der Waals surface area contributed by atoms with Crippen LogP contribution in [0.3, 0.4) is 0 Å². The zero-order chi connectivity index (χ0) is 16.7. The van der Waals surface area contributed by atoms with Gasteiger partial charge in [0.25, 0.3) is 0 Å². The van der Waals surface area contributed by atoms with E-state index in [4.69, 9.17) is 16.6 Å². The van der Waals surface area contributed by atoms with Crippen molar-refractivity contribution in [1.82, 2.24) is 4.90 Å². The van der Waals surface area contributed by atoms with Crippen molar-refractivity contribution in [3.63, 3.8) is 0 Å². The Balaban J connectivity index is 1.88. The smallest absolute Gasteiger partial charge is 0.0870 e. The fourth-order valence-corrected chi connectivity index (χ4v) is 3.93. The number of hydrogen-bond acceptors (Lipinski definition) is 3. The molecule has 24 heavy (non-hydrogen) atoms. The van der Waals surface area contributed by atoms with E-state index >= 15 is 0 Å². The SMILES string of the molecule is CN1CCC(C2=Nc3ccccc3N(C)c3ccc(Cl)cc32)CC1. The van der Waals surface area contributed by atoms with E-state index in [1.807, 2.05) is 6.07 Å². The molecule has 1 saturated heterocycles. The third-order valence-corrected chi connectivity index (χ3v) is 5.42. The summed E-state index contributed by atoms with van der Waals surface area (Å²) >= 11 is 6.33. The Bertz CT molecular complexity index is 791. The number of halogens is 1. The van der Waals surface area contributed by atoms with Gasteiger partial charge in [0.15, 0.2) is 0 Å². The average molecular weight is 340 g/mol. The zero-order valence-corrected chi connectivity index (χ0v) is 14.9. The van der Waals surface area contributed by atoms with Crippen molar-refractivity contribution < 1.29 is 0 Å². The Morgan fingerprint density at radius 2 is 1.75 bits per heavy atom. The number of fused-ring (bicyclic) bond motifs is 2. The van der Waals surface area contributed by atoms with Gasteiger partial charge in [-0.25, -0.2) is 0 Å². The topological polar surface area (TPSA) is 18.8 Å². The van der Waals surface area contributed by atoms with Crippen molar-refractivity contribution >= 4 is 34.4 Å². The summed E-state index contributed by atoms with van der Waals surface area (Å²) in [7, 11) is 4.30. The van der Waals surface area contributed by atoms with Crippen LogP contribution in [0.4, 0.5) is 17.1 Å². The minimum atomic E-state index is 0.484. The van der Waals surface area contributed by atoms with Gasteiger partial charge < -0.3 is 9.80 Å². The van der Waals surface area contributed by atoms with E-state index in [1.165, 1.54) is 17.0 Å². The van der Waals surface area contributed by atoms with Gasteiger partial charge >= 0.3 is 0 Å². The second kappa shape index (κ2) is 6.23. The molecule has 4 heteroatoms. The number of piperidine rings is 1. The molecular formula is C20H22ClN3. The predicted octanol–water partition coefficient (Wildman–Crippen LogP) is 4.88. The minimum absolute atomic E-state index is 0.484. The summed E-state index contributed by atoms with van der Waals surface area (Å²) in [5, 5.41) is 0.772. The lowest BCUT2D eigenvalue weighted by Crippen LogP contribution is -2.34. The molecule has 0 radical (unpaired) electrons. The molecule has 0 bridgehead atoms. The van der Waals surface area contributed by atoms with Gasteiger partial charge in [-0.05, 0) is 63.3 Å². The summed E-state index contributed by atoms with van der Waals surface area (Å²) in [6, 6.07) is 14.5. The van der Waals surface area contributed by atoms with Crippen LogP contribution in [0.1, 0.15) is 18.4 Å². The Hall–Kier alpha value is -1.84. The van der Waals surface area contributed by atoms with E-state index in [0.717, 1.165) is 42.3 Å². The van der Waals surface area contributed by atoms with E-state index in [0.29, 0.717) is 5.92 Å². The van der Waals surface area contributed by atoms with Crippen molar-refractivity contribution in [1.29, 1.82) is 0 Å². The lowest BCUT2D eigenvalue weighted by molar-refractivity contribution is 0.252. The highest BCUT2D eigenvalue weighted by atomic mass is 35.5.